The molecule has 5 nitrogen and oxygen atoms in total. The largest absolute Gasteiger partial charge is 0.366 e. The summed E-state index contributed by atoms with van der Waals surface area (Å²) in [4.78, 5) is 12.8. The molecule has 0 aliphatic carbocycles. The van der Waals surface area contributed by atoms with E-state index in [1.165, 1.54) is 5.56 Å². The predicted octanol–water partition coefficient (Wildman–Crippen LogP) is 3.10. The van der Waals surface area contributed by atoms with Crippen LogP contribution in [0.25, 0.3) is 0 Å². The first-order chi connectivity index (χ1) is 10.9. The molecule has 0 saturated heterocycles. The smallest absolute Gasteiger partial charge is 0.224 e. The molecule has 110 valence electrons. The Labute approximate surface area is 129 Å². The predicted molar refractivity (Wildman–Crippen MR) is 87.4 cm³/mol. The van der Waals surface area contributed by atoms with Gasteiger partial charge in [-0.05, 0) is 23.3 Å². The van der Waals surface area contributed by atoms with Gasteiger partial charge in [0.25, 0.3) is 0 Å². The first-order valence-electron chi connectivity index (χ1n) is 7.14. The highest BCUT2D eigenvalue weighted by molar-refractivity contribution is 5.40. The van der Waals surface area contributed by atoms with Crippen molar-refractivity contribution in [3.05, 3.63) is 78.2 Å². The molecule has 0 aliphatic heterocycles. The number of nitrogens with zero attached hydrogens (tertiary/aromatic N) is 3. The van der Waals surface area contributed by atoms with Crippen LogP contribution in [0.15, 0.2) is 67.1 Å². The Bertz CT molecular complexity index is 642. The molecule has 2 heterocycles. The van der Waals surface area contributed by atoms with E-state index in [4.69, 9.17) is 0 Å². The summed E-state index contributed by atoms with van der Waals surface area (Å²) in [5, 5.41) is 6.49. The maximum atomic E-state index is 4.45. The van der Waals surface area contributed by atoms with Crippen LogP contribution < -0.4 is 10.6 Å². The maximum Gasteiger partial charge on any atom is 0.224 e. The van der Waals surface area contributed by atoms with Crippen molar-refractivity contribution < 1.29 is 0 Å². The zero-order valence-electron chi connectivity index (χ0n) is 12.1. The standard InChI is InChI=1S/C17H17N5/c1-2-5-14(6-3-1)12-21-17-19-10-8-16(22-17)20-13-15-7-4-9-18-11-15/h1-11H,12-13H2,(H2,19,20,21,22). The summed E-state index contributed by atoms with van der Waals surface area (Å²) in [5.41, 5.74) is 2.31. The minimum absolute atomic E-state index is 0.611. The molecule has 0 bridgehead atoms. The molecule has 3 aromatic rings. The van der Waals surface area contributed by atoms with E-state index in [0.717, 1.165) is 11.4 Å². The fourth-order valence-corrected chi connectivity index (χ4v) is 2.01. The van der Waals surface area contributed by atoms with Crippen LogP contribution in [-0.4, -0.2) is 15.0 Å². The lowest BCUT2D eigenvalue weighted by Gasteiger charge is -2.08. The van der Waals surface area contributed by atoms with Crippen molar-refractivity contribution in [3.8, 4) is 0 Å². The van der Waals surface area contributed by atoms with Gasteiger partial charge in [0.1, 0.15) is 5.82 Å². The van der Waals surface area contributed by atoms with Crippen molar-refractivity contribution in [2.24, 2.45) is 0 Å². The van der Waals surface area contributed by atoms with Gasteiger partial charge in [-0.1, -0.05) is 36.4 Å². The van der Waals surface area contributed by atoms with Crippen molar-refractivity contribution in [1.29, 1.82) is 0 Å². The number of pyridine rings is 1. The maximum absolute atomic E-state index is 4.45. The van der Waals surface area contributed by atoms with Crippen LogP contribution >= 0.6 is 0 Å². The van der Waals surface area contributed by atoms with Crippen LogP contribution in [-0.2, 0) is 13.1 Å². The average molecular weight is 291 g/mol. The molecule has 3 rings (SSSR count). The van der Waals surface area contributed by atoms with Gasteiger partial charge < -0.3 is 10.6 Å². The molecular formula is C17H17N5. The van der Waals surface area contributed by atoms with E-state index >= 15 is 0 Å². The summed E-state index contributed by atoms with van der Waals surface area (Å²) in [6, 6.07) is 16.0. The Morgan fingerprint density at radius 3 is 2.41 bits per heavy atom. The van der Waals surface area contributed by atoms with Gasteiger partial charge in [0.2, 0.25) is 5.95 Å². The van der Waals surface area contributed by atoms with Gasteiger partial charge >= 0.3 is 0 Å². The lowest BCUT2D eigenvalue weighted by molar-refractivity contribution is 1.03. The van der Waals surface area contributed by atoms with E-state index in [9.17, 15) is 0 Å². The Kier molecular flexibility index (Phi) is 4.57. The van der Waals surface area contributed by atoms with Crippen molar-refractivity contribution in [2.75, 3.05) is 10.6 Å². The van der Waals surface area contributed by atoms with Crippen LogP contribution in [0, 0.1) is 0 Å². The number of aromatic nitrogens is 3. The highest BCUT2D eigenvalue weighted by Gasteiger charge is 2.00. The first kappa shape index (κ1) is 14.0. The van der Waals surface area contributed by atoms with E-state index in [2.05, 4.69) is 37.7 Å². The molecule has 5 heteroatoms. The van der Waals surface area contributed by atoms with Gasteiger partial charge in [-0.2, -0.15) is 4.98 Å². The molecule has 2 aromatic heterocycles. The van der Waals surface area contributed by atoms with Gasteiger partial charge in [-0.15, -0.1) is 0 Å². The second kappa shape index (κ2) is 7.17. The van der Waals surface area contributed by atoms with Crippen molar-refractivity contribution in [3.63, 3.8) is 0 Å². The molecular weight excluding hydrogens is 274 g/mol. The summed E-state index contributed by atoms with van der Waals surface area (Å²) >= 11 is 0. The molecule has 0 atom stereocenters. The zero-order chi connectivity index (χ0) is 15.0. The Hall–Kier alpha value is -2.95. The van der Waals surface area contributed by atoms with Gasteiger partial charge in [0.15, 0.2) is 0 Å². The normalized spacial score (nSPS) is 10.2. The van der Waals surface area contributed by atoms with E-state index < -0.39 is 0 Å². The fourth-order valence-electron chi connectivity index (χ4n) is 2.01. The van der Waals surface area contributed by atoms with Gasteiger partial charge in [-0.25, -0.2) is 4.98 Å². The van der Waals surface area contributed by atoms with Crippen molar-refractivity contribution >= 4 is 11.8 Å². The van der Waals surface area contributed by atoms with E-state index in [1.807, 2.05) is 42.6 Å². The molecule has 1 aromatic carbocycles. The first-order valence-corrected chi connectivity index (χ1v) is 7.14. The Balaban J connectivity index is 1.58. The third-order valence-electron chi connectivity index (χ3n) is 3.15. The minimum atomic E-state index is 0.611. The molecule has 2 N–H and O–H groups in total. The molecule has 0 amide bonds. The Morgan fingerprint density at radius 1 is 0.773 bits per heavy atom. The van der Waals surface area contributed by atoms with Gasteiger partial charge in [-0.3, -0.25) is 4.98 Å². The van der Waals surface area contributed by atoms with E-state index in [0.29, 0.717) is 19.0 Å². The summed E-state index contributed by atoms with van der Waals surface area (Å²) in [6.07, 6.45) is 5.34. The number of rotatable bonds is 6. The Morgan fingerprint density at radius 2 is 1.59 bits per heavy atom. The fraction of sp³-hybridized carbons (Fsp3) is 0.118. The average Bonchev–Trinajstić information content (AvgIpc) is 2.60. The number of nitrogens with one attached hydrogen (secondary N) is 2. The monoisotopic (exact) mass is 291 g/mol. The molecule has 0 aliphatic rings. The minimum Gasteiger partial charge on any atom is -0.366 e. The number of hydrogen-bond acceptors (Lipinski definition) is 5. The molecule has 0 radical (unpaired) electrons. The van der Waals surface area contributed by atoms with Crippen LogP contribution in [0.2, 0.25) is 0 Å². The number of anilines is 2. The molecule has 0 spiro atoms. The van der Waals surface area contributed by atoms with Crippen LogP contribution in [0.3, 0.4) is 0 Å². The van der Waals surface area contributed by atoms with Gasteiger partial charge in [0, 0.05) is 31.7 Å². The van der Waals surface area contributed by atoms with Crippen LogP contribution in [0.1, 0.15) is 11.1 Å². The van der Waals surface area contributed by atoms with E-state index in [1.54, 1.807) is 12.4 Å². The number of hydrogen-bond donors (Lipinski definition) is 2. The van der Waals surface area contributed by atoms with Crippen molar-refractivity contribution in [1.82, 2.24) is 15.0 Å². The van der Waals surface area contributed by atoms with Crippen LogP contribution in [0.4, 0.5) is 11.8 Å². The third-order valence-corrected chi connectivity index (χ3v) is 3.15. The lowest BCUT2D eigenvalue weighted by atomic mass is 10.2. The summed E-state index contributed by atoms with van der Waals surface area (Å²) < 4.78 is 0. The molecule has 0 saturated carbocycles. The second-order valence-corrected chi connectivity index (χ2v) is 4.82. The number of benzene rings is 1. The SMILES string of the molecule is c1ccc(CNc2nccc(NCc3cccnc3)n2)cc1. The van der Waals surface area contributed by atoms with Crippen molar-refractivity contribution in [2.45, 2.75) is 13.1 Å². The summed E-state index contributed by atoms with van der Waals surface area (Å²) in [7, 11) is 0. The highest BCUT2D eigenvalue weighted by atomic mass is 15.1. The summed E-state index contributed by atoms with van der Waals surface area (Å²) in [6.45, 7) is 1.38. The molecule has 22 heavy (non-hydrogen) atoms. The zero-order valence-corrected chi connectivity index (χ0v) is 12.1. The van der Waals surface area contributed by atoms with Crippen LogP contribution in [0.5, 0.6) is 0 Å². The molecule has 0 fully saturated rings. The second-order valence-electron chi connectivity index (χ2n) is 4.82. The lowest BCUT2D eigenvalue weighted by Crippen LogP contribution is -2.06. The topological polar surface area (TPSA) is 62.7 Å². The quantitative estimate of drug-likeness (QED) is 0.730. The highest BCUT2D eigenvalue weighted by Crippen LogP contribution is 2.09. The third kappa shape index (κ3) is 4.02. The summed E-state index contributed by atoms with van der Waals surface area (Å²) in [5.74, 6) is 1.40. The van der Waals surface area contributed by atoms with E-state index in [-0.39, 0.29) is 0 Å². The van der Waals surface area contributed by atoms with Gasteiger partial charge in [0.05, 0.1) is 0 Å². The molecule has 0 unspecified atom stereocenters.